The Balaban J connectivity index is 2.04. The lowest BCUT2D eigenvalue weighted by molar-refractivity contribution is 0.410. The van der Waals surface area contributed by atoms with Crippen LogP contribution in [0.5, 0.6) is 0 Å². The Morgan fingerprint density at radius 2 is 2.50 bits per heavy atom. The molecule has 0 amide bonds. The number of fused-ring (bicyclic) bond motifs is 1. The minimum atomic E-state index is 0.595. The van der Waals surface area contributed by atoms with Gasteiger partial charge in [-0.3, -0.25) is 0 Å². The number of nitrogens with one attached hydrogen (secondary N) is 1. The highest BCUT2D eigenvalue weighted by molar-refractivity contribution is 5.08. The molecule has 1 heterocycles. The fraction of sp³-hybridized carbons (Fsp3) is 1.00. The van der Waals surface area contributed by atoms with Gasteiger partial charge in [0.2, 0.25) is 0 Å². The van der Waals surface area contributed by atoms with E-state index in [4.69, 9.17) is 0 Å². The molecule has 2 fully saturated rings. The molecule has 1 heteroatoms. The molecule has 0 bridgehead atoms. The van der Waals surface area contributed by atoms with E-state index >= 15 is 0 Å². The Labute approximate surface area is 50.5 Å². The zero-order valence-electron chi connectivity index (χ0n) is 5.41. The van der Waals surface area contributed by atoms with E-state index < -0.39 is 0 Å². The lowest BCUT2D eigenvalue weighted by Gasteiger charge is -2.18. The van der Waals surface area contributed by atoms with Crippen LogP contribution in [0.3, 0.4) is 0 Å². The molecule has 2 rings (SSSR count). The average Bonchev–Trinajstić information content (AvgIpc) is 2.39. The molecule has 2 aliphatic rings. The molecule has 1 saturated carbocycles. The summed E-state index contributed by atoms with van der Waals surface area (Å²) >= 11 is 0. The van der Waals surface area contributed by atoms with Crippen LogP contribution < -0.4 is 5.32 Å². The standard InChI is InChI=1S/C7H13N/c1-7-5-6(7)3-2-4-8-7/h6,8H,2-5H2,1H3/t6-,7+/m0/s1. The molecule has 1 nitrogen and oxygen atoms in total. The number of hydrogen-bond acceptors (Lipinski definition) is 1. The van der Waals surface area contributed by atoms with Crippen LogP contribution in [-0.2, 0) is 0 Å². The third-order valence-electron chi connectivity index (χ3n) is 2.67. The summed E-state index contributed by atoms with van der Waals surface area (Å²) in [5, 5.41) is 3.53. The second-order valence-corrected chi connectivity index (χ2v) is 3.39. The van der Waals surface area contributed by atoms with Gasteiger partial charge in [0.15, 0.2) is 0 Å². The van der Waals surface area contributed by atoms with Crippen molar-refractivity contribution in [3.05, 3.63) is 0 Å². The minimum absolute atomic E-state index is 0.595. The maximum absolute atomic E-state index is 3.53. The Bertz CT molecular complexity index is 109. The van der Waals surface area contributed by atoms with Crippen molar-refractivity contribution >= 4 is 0 Å². The van der Waals surface area contributed by atoms with Crippen LogP contribution >= 0.6 is 0 Å². The van der Waals surface area contributed by atoms with Crippen LogP contribution in [-0.4, -0.2) is 12.1 Å². The third kappa shape index (κ3) is 0.510. The first-order valence-electron chi connectivity index (χ1n) is 3.56. The number of rotatable bonds is 0. The van der Waals surface area contributed by atoms with Crippen molar-refractivity contribution < 1.29 is 0 Å². The molecule has 0 unspecified atom stereocenters. The maximum atomic E-state index is 3.53. The summed E-state index contributed by atoms with van der Waals surface area (Å²) in [6, 6.07) is 0. The van der Waals surface area contributed by atoms with Gasteiger partial charge in [0.1, 0.15) is 0 Å². The van der Waals surface area contributed by atoms with Crippen molar-refractivity contribution in [1.82, 2.24) is 5.32 Å². The highest BCUT2D eigenvalue weighted by Crippen LogP contribution is 2.48. The van der Waals surface area contributed by atoms with E-state index in [1.165, 1.54) is 25.8 Å². The van der Waals surface area contributed by atoms with E-state index in [1.54, 1.807) is 0 Å². The smallest absolute Gasteiger partial charge is 0.0185 e. The lowest BCUT2D eigenvalue weighted by Crippen LogP contribution is -2.34. The first kappa shape index (κ1) is 4.80. The monoisotopic (exact) mass is 111 g/mol. The Morgan fingerprint density at radius 1 is 1.62 bits per heavy atom. The molecule has 1 aliphatic carbocycles. The van der Waals surface area contributed by atoms with Crippen molar-refractivity contribution in [2.24, 2.45) is 5.92 Å². The first-order chi connectivity index (χ1) is 3.81. The van der Waals surface area contributed by atoms with Crippen LogP contribution in [0.1, 0.15) is 26.2 Å². The van der Waals surface area contributed by atoms with Gasteiger partial charge in [-0.05, 0) is 38.6 Å². The fourth-order valence-electron chi connectivity index (χ4n) is 1.81. The summed E-state index contributed by atoms with van der Waals surface area (Å²) in [7, 11) is 0. The van der Waals surface area contributed by atoms with E-state index in [-0.39, 0.29) is 0 Å². The van der Waals surface area contributed by atoms with Gasteiger partial charge < -0.3 is 5.32 Å². The van der Waals surface area contributed by atoms with Gasteiger partial charge in [0.25, 0.3) is 0 Å². The van der Waals surface area contributed by atoms with E-state index in [1.807, 2.05) is 0 Å². The Hall–Kier alpha value is -0.0400. The van der Waals surface area contributed by atoms with E-state index in [0.29, 0.717) is 5.54 Å². The van der Waals surface area contributed by atoms with Crippen LogP contribution in [0.25, 0.3) is 0 Å². The molecule has 8 heavy (non-hydrogen) atoms. The third-order valence-corrected chi connectivity index (χ3v) is 2.67. The Morgan fingerprint density at radius 3 is 3.00 bits per heavy atom. The summed E-state index contributed by atoms with van der Waals surface area (Å²) in [5.74, 6) is 1.04. The molecule has 2 atom stereocenters. The van der Waals surface area contributed by atoms with Crippen molar-refractivity contribution in [3.8, 4) is 0 Å². The van der Waals surface area contributed by atoms with Gasteiger partial charge in [-0.1, -0.05) is 0 Å². The van der Waals surface area contributed by atoms with E-state index in [9.17, 15) is 0 Å². The fourth-order valence-corrected chi connectivity index (χ4v) is 1.81. The van der Waals surface area contributed by atoms with E-state index in [2.05, 4.69) is 12.2 Å². The second kappa shape index (κ2) is 1.27. The van der Waals surface area contributed by atoms with Crippen LogP contribution in [0.15, 0.2) is 0 Å². The second-order valence-electron chi connectivity index (χ2n) is 3.39. The summed E-state index contributed by atoms with van der Waals surface area (Å²) in [4.78, 5) is 0. The van der Waals surface area contributed by atoms with Gasteiger partial charge in [-0.2, -0.15) is 0 Å². The normalized spacial score (nSPS) is 52.9. The van der Waals surface area contributed by atoms with Crippen molar-refractivity contribution in [2.75, 3.05) is 6.54 Å². The quantitative estimate of drug-likeness (QED) is 0.494. The first-order valence-corrected chi connectivity index (χ1v) is 3.56. The maximum Gasteiger partial charge on any atom is 0.0185 e. The summed E-state index contributed by atoms with van der Waals surface area (Å²) in [5.41, 5.74) is 0.595. The summed E-state index contributed by atoms with van der Waals surface area (Å²) in [6.07, 6.45) is 4.32. The predicted octanol–water partition coefficient (Wildman–Crippen LogP) is 1.15. The molecule has 0 spiro atoms. The molecule has 46 valence electrons. The molecule has 1 saturated heterocycles. The summed E-state index contributed by atoms with van der Waals surface area (Å²) in [6.45, 7) is 3.60. The lowest BCUT2D eigenvalue weighted by atomic mass is 10.1. The van der Waals surface area contributed by atoms with Gasteiger partial charge >= 0.3 is 0 Å². The van der Waals surface area contributed by atoms with Crippen molar-refractivity contribution in [3.63, 3.8) is 0 Å². The van der Waals surface area contributed by atoms with E-state index in [0.717, 1.165) is 5.92 Å². The van der Waals surface area contributed by atoms with Gasteiger partial charge in [0.05, 0.1) is 0 Å². The zero-order chi connectivity index (χ0) is 5.61. The predicted molar refractivity (Wildman–Crippen MR) is 33.7 cm³/mol. The number of piperidine rings is 1. The van der Waals surface area contributed by atoms with Gasteiger partial charge in [-0.25, -0.2) is 0 Å². The molecule has 0 aromatic rings. The van der Waals surface area contributed by atoms with Crippen LogP contribution in [0.4, 0.5) is 0 Å². The molecule has 1 N–H and O–H groups in total. The van der Waals surface area contributed by atoms with Crippen LogP contribution in [0.2, 0.25) is 0 Å². The molecule has 0 radical (unpaired) electrons. The average molecular weight is 111 g/mol. The molecule has 0 aromatic carbocycles. The van der Waals surface area contributed by atoms with Gasteiger partial charge in [0, 0.05) is 5.54 Å². The molecule has 1 aliphatic heterocycles. The molecular weight excluding hydrogens is 98.1 g/mol. The minimum Gasteiger partial charge on any atom is -0.311 e. The van der Waals surface area contributed by atoms with Crippen molar-refractivity contribution in [1.29, 1.82) is 0 Å². The topological polar surface area (TPSA) is 12.0 Å². The summed E-state index contributed by atoms with van der Waals surface area (Å²) < 4.78 is 0. The van der Waals surface area contributed by atoms with Gasteiger partial charge in [-0.15, -0.1) is 0 Å². The number of hydrogen-bond donors (Lipinski definition) is 1. The zero-order valence-corrected chi connectivity index (χ0v) is 5.41. The highest BCUT2D eigenvalue weighted by atomic mass is 15.0. The van der Waals surface area contributed by atoms with Crippen LogP contribution in [0, 0.1) is 5.92 Å². The molecular formula is C7H13N. The Kier molecular flexibility index (Phi) is 0.762. The molecule has 0 aromatic heterocycles. The van der Waals surface area contributed by atoms with Crippen molar-refractivity contribution in [2.45, 2.75) is 31.7 Å². The largest absolute Gasteiger partial charge is 0.311 e. The SMILES string of the molecule is C[C@@]12C[C@@H]1CCCN2. The highest BCUT2D eigenvalue weighted by Gasteiger charge is 2.50.